The Bertz CT molecular complexity index is 629. The lowest BCUT2D eigenvalue weighted by atomic mass is 10.1. The fourth-order valence-electron chi connectivity index (χ4n) is 2.27. The SMILES string of the molecule is CC1=NN(c2ccccc2)C(=O)/C1=C/C1=CCC(C)O1. The zero-order valence-corrected chi connectivity index (χ0v) is 11.5. The number of carbonyl (C=O) groups is 1. The van der Waals surface area contributed by atoms with Crippen molar-refractivity contribution in [2.75, 3.05) is 5.01 Å². The van der Waals surface area contributed by atoms with E-state index in [-0.39, 0.29) is 12.0 Å². The van der Waals surface area contributed by atoms with Crippen LogP contribution in [0.25, 0.3) is 0 Å². The van der Waals surface area contributed by atoms with Crippen LogP contribution in [0.1, 0.15) is 20.3 Å². The molecule has 0 saturated carbocycles. The molecule has 4 heteroatoms. The summed E-state index contributed by atoms with van der Waals surface area (Å²) in [4.78, 5) is 12.4. The Hall–Kier alpha value is -2.36. The molecule has 20 heavy (non-hydrogen) atoms. The Morgan fingerprint density at radius 3 is 2.75 bits per heavy atom. The number of nitrogens with zero attached hydrogens (tertiary/aromatic N) is 2. The van der Waals surface area contributed by atoms with Gasteiger partial charge in [0, 0.05) is 6.42 Å². The number of ether oxygens (including phenoxy) is 1. The van der Waals surface area contributed by atoms with E-state index in [9.17, 15) is 4.79 Å². The highest BCUT2D eigenvalue weighted by Gasteiger charge is 2.29. The summed E-state index contributed by atoms with van der Waals surface area (Å²) in [5.41, 5.74) is 2.08. The topological polar surface area (TPSA) is 41.9 Å². The summed E-state index contributed by atoms with van der Waals surface area (Å²) in [6, 6.07) is 9.42. The van der Waals surface area contributed by atoms with Gasteiger partial charge >= 0.3 is 0 Å². The summed E-state index contributed by atoms with van der Waals surface area (Å²) in [6.45, 7) is 3.85. The Kier molecular flexibility index (Phi) is 3.14. The Morgan fingerprint density at radius 2 is 2.10 bits per heavy atom. The lowest BCUT2D eigenvalue weighted by Gasteiger charge is -2.11. The van der Waals surface area contributed by atoms with Crippen molar-refractivity contribution in [1.82, 2.24) is 0 Å². The Balaban J connectivity index is 1.88. The van der Waals surface area contributed by atoms with Crippen LogP contribution < -0.4 is 5.01 Å². The van der Waals surface area contributed by atoms with Crippen LogP contribution in [0.15, 0.2) is 58.9 Å². The first-order chi connectivity index (χ1) is 9.65. The zero-order chi connectivity index (χ0) is 14.1. The lowest BCUT2D eigenvalue weighted by molar-refractivity contribution is -0.114. The van der Waals surface area contributed by atoms with E-state index in [2.05, 4.69) is 5.10 Å². The van der Waals surface area contributed by atoms with Gasteiger partial charge in [-0.1, -0.05) is 18.2 Å². The molecule has 1 amide bonds. The predicted molar refractivity (Wildman–Crippen MR) is 78.4 cm³/mol. The number of carbonyl (C=O) groups excluding carboxylic acids is 1. The van der Waals surface area contributed by atoms with Gasteiger partial charge in [0.05, 0.1) is 23.1 Å². The van der Waals surface area contributed by atoms with Crippen LogP contribution in [0.4, 0.5) is 5.69 Å². The molecule has 0 aliphatic carbocycles. The molecule has 2 heterocycles. The molecule has 2 aliphatic heterocycles. The normalized spacial score (nSPS) is 23.9. The molecule has 1 aromatic carbocycles. The quantitative estimate of drug-likeness (QED) is 0.774. The van der Waals surface area contributed by atoms with Gasteiger partial charge in [-0.15, -0.1) is 0 Å². The number of rotatable bonds is 2. The minimum absolute atomic E-state index is 0.113. The highest BCUT2D eigenvalue weighted by atomic mass is 16.5. The van der Waals surface area contributed by atoms with Crippen molar-refractivity contribution in [1.29, 1.82) is 0 Å². The molecule has 0 radical (unpaired) electrons. The third-order valence-electron chi connectivity index (χ3n) is 3.34. The molecule has 0 bridgehead atoms. The molecule has 0 spiro atoms. The molecule has 1 unspecified atom stereocenters. The smallest absolute Gasteiger partial charge is 0.280 e. The highest BCUT2D eigenvalue weighted by Crippen LogP contribution is 2.26. The van der Waals surface area contributed by atoms with Crippen LogP contribution in [-0.4, -0.2) is 17.7 Å². The van der Waals surface area contributed by atoms with Gasteiger partial charge in [-0.05, 0) is 38.1 Å². The fraction of sp³-hybridized carbons (Fsp3) is 0.250. The predicted octanol–water partition coefficient (Wildman–Crippen LogP) is 3.03. The van der Waals surface area contributed by atoms with Crippen LogP contribution >= 0.6 is 0 Å². The molecular formula is C16H16N2O2. The van der Waals surface area contributed by atoms with Gasteiger partial charge in [-0.25, -0.2) is 0 Å². The molecule has 3 rings (SSSR count). The van der Waals surface area contributed by atoms with E-state index in [0.29, 0.717) is 11.3 Å². The average Bonchev–Trinajstić information content (AvgIpc) is 2.98. The molecule has 0 fully saturated rings. The van der Waals surface area contributed by atoms with Gasteiger partial charge < -0.3 is 4.74 Å². The van der Waals surface area contributed by atoms with Gasteiger partial charge in [0.15, 0.2) is 0 Å². The van der Waals surface area contributed by atoms with E-state index in [0.717, 1.165) is 17.9 Å². The number of para-hydroxylation sites is 1. The number of benzene rings is 1. The second-order valence-corrected chi connectivity index (χ2v) is 4.97. The maximum Gasteiger partial charge on any atom is 0.280 e. The number of amides is 1. The summed E-state index contributed by atoms with van der Waals surface area (Å²) < 4.78 is 5.62. The number of hydrazone groups is 1. The summed E-state index contributed by atoms with van der Waals surface area (Å²) in [5, 5.41) is 5.76. The molecule has 4 nitrogen and oxygen atoms in total. The van der Waals surface area contributed by atoms with Crippen LogP contribution in [0, 0.1) is 0 Å². The van der Waals surface area contributed by atoms with Crippen LogP contribution in [0.3, 0.4) is 0 Å². The zero-order valence-electron chi connectivity index (χ0n) is 11.5. The van der Waals surface area contributed by atoms with E-state index in [1.54, 1.807) is 6.08 Å². The van der Waals surface area contributed by atoms with E-state index >= 15 is 0 Å². The van der Waals surface area contributed by atoms with Gasteiger partial charge in [0.2, 0.25) is 0 Å². The highest BCUT2D eigenvalue weighted by molar-refractivity contribution is 6.29. The Morgan fingerprint density at radius 1 is 1.35 bits per heavy atom. The Labute approximate surface area is 118 Å². The second-order valence-electron chi connectivity index (χ2n) is 4.97. The second kappa shape index (κ2) is 4.96. The number of anilines is 1. The third kappa shape index (κ3) is 2.25. The van der Waals surface area contributed by atoms with E-state index < -0.39 is 0 Å². The first kappa shape index (κ1) is 12.7. The maximum absolute atomic E-state index is 12.4. The van der Waals surface area contributed by atoms with Crippen LogP contribution in [0.2, 0.25) is 0 Å². The number of hydrogen-bond acceptors (Lipinski definition) is 3. The monoisotopic (exact) mass is 268 g/mol. The molecule has 1 atom stereocenters. The molecule has 2 aliphatic rings. The molecule has 0 N–H and O–H groups in total. The van der Waals surface area contributed by atoms with E-state index in [1.165, 1.54) is 5.01 Å². The first-order valence-electron chi connectivity index (χ1n) is 6.69. The van der Waals surface area contributed by atoms with Crippen molar-refractivity contribution >= 4 is 17.3 Å². The van der Waals surface area contributed by atoms with E-state index in [4.69, 9.17) is 4.74 Å². The summed E-state index contributed by atoms with van der Waals surface area (Å²) in [6.07, 6.45) is 4.85. The summed E-state index contributed by atoms with van der Waals surface area (Å²) >= 11 is 0. The van der Waals surface area contributed by atoms with Gasteiger partial charge in [-0.3, -0.25) is 4.79 Å². The van der Waals surface area contributed by atoms with Crippen molar-refractivity contribution in [3.63, 3.8) is 0 Å². The van der Waals surface area contributed by atoms with Gasteiger partial charge in [-0.2, -0.15) is 10.1 Å². The van der Waals surface area contributed by atoms with E-state index in [1.807, 2.05) is 50.3 Å². The lowest BCUT2D eigenvalue weighted by Crippen LogP contribution is -2.21. The summed E-state index contributed by atoms with van der Waals surface area (Å²) in [5.74, 6) is 0.642. The van der Waals surface area contributed by atoms with Gasteiger partial charge in [0.25, 0.3) is 5.91 Å². The minimum Gasteiger partial charge on any atom is -0.491 e. The number of allylic oxidation sites excluding steroid dienone is 1. The van der Waals surface area contributed by atoms with Crippen molar-refractivity contribution in [3.8, 4) is 0 Å². The summed E-state index contributed by atoms with van der Waals surface area (Å²) in [7, 11) is 0. The van der Waals surface area contributed by atoms with Crippen molar-refractivity contribution in [2.24, 2.45) is 5.10 Å². The number of hydrogen-bond donors (Lipinski definition) is 0. The minimum atomic E-state index is -0.113. The van der Waals surface area contributed by atoms with Crippen molar-refractivity contribution < 1.29 is 9.53 Å². The maximum atomic E-state index is 12.4. The fourth-order valence-corrected chi connectivity index (χ4v) is 2.27. The van der Waals surface area contributed by atoms with Gasteiger partial charge in [0.1, 0.15) is 5.76 Å². The molecule has 1 aromatic rings. The van der Waals surface area contributed by atoms with Crippen LogP contribution in [-0.2, 0) is 9.53 Å². The molecule has 102 valence electrons. The van der Waals surface area contributed by atoms with Crippen molar-refractivity contribution in [3.05, 3.63) is 53.8 Å². The molecule has 0 saturated heterocycles. The third-order valence-corrected chi connectivity index (χ3v) is 3.34. The van der Waals surface area contributed by atoms with Crippen molar-refractivity contribution in [2.45, 2.75) is 26.4 Å². The molecule has 0 aromatic heterocycles. The molecular weight excluding hydrogens is 252 g/mol. The largest absolute Gasteiger partial charge is 0.491 e. The average molecular weight is 268 g/mol. The standard InChI is InChI=1S/C16H16N2O2/c1-11-8-9-14(20-11)10-15-12(2)17-18(16(15)19)13-6-4-3-5-7-13/h3-7,9-11H,8H2,1-2H3/b15-10+. The first-order valence-corrected chi connectivity index (χ1v) is 6.69. The van der Waals surface area contributed by atoms with Crippen LogP contribution in [0.5, 0.6) is 0 Å².